The molecule has 0 aliphatic heterocycles. The number of benzene rings is 1. The zero-order valence-corrected chi connectivity index (χ0v) is 12.9. The van der Waals surface area contributed by atoms with Gasteiger partial charge in [0, 0.05) is 6.42 Å². The summed E-state index contributed by atoms with van der Waals surface area (Å²) in [6, 6.07) is 5.48. The summed E-state index contributed by atoms with van der Waals surface area (Å²) in [6.07, 6.45) is 7.36. The molecule has 0 radical (unpaired) electrons. The minimum atomic E-state index is -0.179. The van der Waals surface area contributed by atoms with E-state index in [-0.39, 0.29) is 5.78 Å². The zero-order chi connectivity index (χ0) is 15.5. The molecular formula is C18H22O3. The van der Waals surface area contributed by atoms with E-state index in [0.717, 1.165) is 31.2 Å². The maximum Gasteiger partial charge on any atom is 0.228 e. The van der Waals surface area contributed by atoms with Gasteiger partial charge in [0.25, 0.3) is 0 Å². The normalized spacial score (nSPS) is 10.0. The number of methoxy groups -OCH3 is 2. The second-order valence-electron chi connectivity index (χ2n) is 4.57. The van der Waals surface area contributed by atoms with Crippen LogP contribution in [0, 0.1) is 11.8 Å². The number of hydrogen-bond acceptors (Lipinski definition) is 3. The van der Waals surface area contributed by atoms with E-state index in [1.807, 2.05) is 12.1 Å². The zero-order valence-electron chi connectivity index (χ0n) is 12.9. The third kappa shape index (κ3) is 6.18. The van der Waals surface area contributed by atoms with Crippen LogP contribution in [0.25, 0.3) is 6.08 Å². The number of carbonyl (C=O) groups excluding carboxylic acids is 1. The van der Waals surface area contributed by atoms with Gasteiger partial charge in [0.15, 0.2) is 11.5 Å². The Morgan fingerprint density at radius 2 is 1.95 bits per heavy atom. The molecule has 1 rings (SSSR count). The lowest BCUT2D eigenvalue weighted by molar-refractivity contribution is -0.109. The molecule has 0 aromatic heterocycles. The van der Waals surface area contributed by atoms with Crippen molar-refractivity contribution in [1.82, 2.24) is 0 Å². The molecule has 0 saturated heterocycles. The average molecular weight is 286 g/mol. The third-order valence-electron chi connectivity index (χ3n) is 2.95. The predicted octanol–water partition coefficient (Wildman–Crippen LogP) is 3.87. The Labute approximate surface area is 127 Å². The molecule has 0 aliphatic rings. The van der Waals surface area contributed by atoms with Gasteiger partial charge in [-0.05, 0) is 36.1 Å². The largest absolute Gasteiger partial charge is 0.493 e. The lowest BCUT2D eigenvalue weighted by atomic mass is 10.1. The van der Waals surface area contributed by atoms with Gasteiger partial charge in [-0.25, -0.2) is 0 Å². The Morgan fingerprint density at radius 3 is 2.62 bits per heavy atom. The van der Waals surface area contributed by atoms with Crippen LogP contribution in [-0.4, -0.2) is 20.0 Å². The molecule has 0 spiro atoms. The van der Waals surface area contributed by atoms with Crippen molar-refractivity contribution in [2.24, 2.45) is 0 Å². The molecule has 0 atom stereocenters. The fraction of sp³-hybridized carbons (Fsp3) is 0.389. The summed E-state index contributed by atoms with van der Waals surface area (Å²) in [4.78, 5) is 11.6. The molecule has 0 amide bonds. The summed E-state index contributed by atoms with van der Waals surface area (Å²) >= 11 is 0. The second kappa shape index (κ2) is 9.66. The van der Waals surface area contributed by atoms with Crippen LogP contribution >= 0.6 is 0 Å². The van der Waals surface area contributed by atoms with Crippen molar-refractivity contribution in [3.8, 4) is 23.3 Å². The van der Waals surface area contributed by atoms with Crippen LogP contribution in [0.4, 0.5) is 0 Å². The van der Waals surface area contributed by atoms with Crippen molar-refractivity contribution in [2.75, 3.05) is 14.2 Å². The summed E-state index contributed by atoms with van der Waals surface area (Å²) in [5.41, 5.74) is 0.869. The molecular weight excluding hydrogens is 264 g/mol. The maximum absolute atomic E-state index is 11.6. The molecule has 1 aromatic carbocycles. The monoisotopic (exact) mass is 286 g/mol. The Kier molecular flexibility index (Phi) is 7.74. The van der Waals surface area contributed by atoms with Gasteiger partial charge >= 0.3 is 0 Å². The number of hydrogen-bond donors (Lipinski definition) is 0. The molecule has 112 valence electrons. The molecule has 0 heterocycles. The molecule has 0 fully saturated rings. The van der Waals surface area contributed by atoms with Crippen LogP contribution < -0.4 is 9.47 Å². The van der Waals surface area contributed by atoms with Gasteiger partial charge in [-0.1, -0.05) is 37.8 Å². The third-order valence-corrected chi connectivity index (χ3v) is 2.95. The van der Waals surface area contributed by atoms with Crippen molar-refractivity contribution >= 4 is 11.9 Å². The van der Waals surface area contributed by atoms with E-state index >= 15 is 0 Å². The minimum absolute atomic E-state index is 0.179. The molecule has 1 aromatic rings. The van der Waals surface area contributed by atoms with Crippen LogP contribution in [0.1, 0.15) is 38.2 Å². The van der Waals surface area contributed by atoms with Crippen molar-refractivity contribution in [1.29, 1.82) is 0 Å². The second-order valence-corrected chi connectivity index (χ2v) is 4.57. The van der Waals surface area contributed by atoms with E-state index in [0.29, 0.717) is 11.5 Å². The first-order valence-electron chi connectivity index (χ1n) is 7.14. The Hall–Kier alpha value is -2.21. The molecule has 21 heavy (non-hydrogen) atoms. The summed E-state index contributed by atoms with van der Waals surface area (Å²) in [5, 5.41) is 0. The highest BCUT2D eigenvalue weighted by Crippen LogP contribution is 2.27. The van der Waals surface area contributed by atoms with Gasteiger partial charge in [0.1, 0.15) is 0 Å². The highest BCUT2D eigenvalue weighted by atomic mass is 16.5. The van der Waals surface area contributed by atoms with E-state index in [1.54, 1.807) is 26.4 Å². The fourth-order valence-electron chi connectivity index (χ4n) is 1.78. The quantitative estimate of drug-likeness (QED) is 0.330. The summed E-state index contributed by atoms with van der Waals surface area (Å²) in [7, 11) is 3.17. The fourth-order valence-corrected chi connectivity index (χ4v) is 1.78. The Balaban J connectivity index is 2.61. The summed E-state index contributed by atoms with van der Waals surface area (Å²) < 4.78 is 10.4. The minimum Gasteiger partial charge on any atom is -0.493 e. The Bertz CT molecular complexity index is 547. The molecule has 0 aliphatic carbocycles. The van der Waals surface area contributed by atoms with E-state index in [9.17, 15) is 4.79 Å². The number of ketones is 1. The highest BCUT2D eigenvalue weighted by molar-refractivity contribution is 6.06. The first kappa shape index (κ1) is 16.8. The standard InChI is InChI=1S/C18H22O3/c1-4-5-6-7-8-9-16(19)12-10-15-11-13-17(20-2)18(14-15)21-3/h10-14H,4-7H2,1-3H3. The lowest BCUT2D eigenvalue weighted by Crippen LogP contribution is -1.91. The van der Waals surface area contributed by atoms with Crippen LogP contribution in [0.15, 0.2) is 24.3 Å². The predicted molar refractivity (Wildman–Crippen MR) is 85.5 cm³/mol. The highest BCUT2D eigenvalue weighted by Gasteiger charge is 2.02. The van der Waals surface area contributed by atoms with Crippen molar-refractivity contribution in [3.63, 3.8) is 0 Å². The molecule has 3 nitrogen and oxygen atoms in total. The van der Waals surface area contributed by atoms with Gasteiger partial charge in [-0.2, -0.15) is 0 Å². The van der Waals surface area contributed by atoms with E-state index in [4.69, 9.17) is 9.47 Å². The number of allylic oxidation sites excluding steroid dienone is 1. The number of carbonyl (C=O) groups is 1. The van der Waals surface area contributed by atoms with Gasteiger partial charge in [0.2, 0.25) is 5.78 Å². The van der Waals surface area contributed by atoms with Gasteiger partial charge < -0.3 is 9.47 Å². The Morgan fingerprint density at radius 1 is 1.19 bits per heavy atom. The van der Waals surface area contributed by atoms with E-state index in [1.165, 1.54) is 6.08 Å². The van der Waals surface area contributed by atoms with Crippen molar-refractivity contribution < 1.29 is 14.3 Å². The SMILES string of the molecule is CCCCCC#CC(=O)C=Cc1ccc(OC)c(OC)c1. The van der Waals surface area contributed by atoms with Gasteiger partial charge in [0.05, 0.1) is 14.2 Å². The van der Waals surface area contributed by atoms with E-state index in [2.05, 4.69) is 18.8 Å². The molecule has 0 unspecified atom stereocenters. The van der Waals surface area contributed by atoms with Crippen LogP contribution in [0.5, 0.6) is 11.5 Å². The average Bonchev–Trinajstić information content (AvgIpc) is 2.52. The first-order chi connectivity index (χ1) is 10.2. The summed E-state index contributed by atoms with van der Waals surface area (Å²) in [6.45, 7) is 2.14. The van der Waals surface area contributed by atoms with Gasteiger partial charge in [-0.3, -0.25) is 4.79 Å². The van der Waals surface area contributed by atoms with Crippen LogP contribution in [0.3, 0.4) is 0 Å². The first-order valence-corrected chi connectivity index (χ1v) is 7.14. The molecule has 0 saturated carbocycles. The molecule has 0 bridgehead atoms. The topological polar surface area (TPSA) is 35.5 Å². The van der Waals surface area contributed by atoms with Crippen molar-refractivity contribution in [3.05, 3.63) is 29.8 Å². The molecule has 0 N–H and O–H groups in total. The number of unbranched alkanes of at least 4 members (excludes halogenated alkanes) is 3. The lowest BCUT2D eigenvalue weighted by Gasteiger charge is -2.07. The van der Waals surface area contributed by atoms with E-state index < -0.39 is 0 Å². The summed E-state index contributed by atoms with van der Waals surface area (Å²) in [5.74, 6) is 6.65. The molecule has 3 heteroatoms. The van der Waals surface area contributed by atoms with Crippen LogP contribution in [-0.2, 0) is 4.79 Å². The van der Waals surface area contributed by atoms with Gasteiger partial charge in [-0.15, -0.1) is 0 Å². The maximum atomic E-state index is 11.6. The van der Waals surface area contributed by atoms with Crippen LogP contribution in [0.2, 0.25) is 0 Å². The van der Waals surface area contributed by atoms with Crippen molar-refractivity contribution in [2.45, 2.75) is 32.6 Å². The smallest absolute Gasteiger partial charge is 0.228 e. The number of ether oxygens (including phenoxy) is 2. The number of rotatable bonds is 7.